The summed E-state index contributed by atoms with van der Waals surface area (Å²) in [5.41, 5.74) is 5.76. The van der Waals surface area contributed by atoms with Crippen LogP contribution >= 0.6 is 0 Å². The van der Waals surface area contributed by atoms with Crippen molar-refractivity contribution in [3.05, 3.63) is 0 Å². The molecule has 0 aliphatic rings. The summed E-state index contributed by atoms with van der Waals surface area (Å²) in [7, 11) is 1.65. The predicted octanol–water partition coefficient (Wildman–Crippen LogP) is 1.10. The summed E-state index contributed by atoms with van der Waals surface area (Å²) in [5.74, 6) is 0.456. The van der Waals surface area contributed by atoms with Crippen LogP contribution in [0.25, 0.3) is 0 Å². The van der Waals surface area contributed by atoms with Gasteiger partial charge in [-0.2, -0.15) is 0 Å². The second-order valence-corrected chi connectivity index (χ2v) is 4.82. The number of nitrogens with two attached hydrogens (primary N) is 1. The molecule has 0 radical (unpaired) electrons. The van der Waals surface area contributed by atoms with Gasteiger partial charge in [-0.3, -0.25) is 4.79 Å². The summed E-state index contributed by atoms with van der Waals surface area (Å²) in [5, 5.41) is 0. The van der Waals surface area contributed by atoms with Crippen molar-refractivity contribution >= 4 is 5.91 Å². The first-order chi connectivity index (χ1) is 7.40. The van der Waals surface area contributed by atoms with E-state index in [9.17, 15) is 4.79 Å². The molecule has 0 aromatic heterocycles. The molecule has 0 fully saturated rings. The zero-order valence-corrected chi connectivity index (χ0v) is 11.2. The molecule has 0 saturated heterocycles. The third kappa shape index (κ3) is 5.47. The van der Waals surface area contributed by atoms with Gasteiger partial charge >= 0.3 is 0 Å². The SMILES string of the molecule is COCCN(CC(C)C)C(=O)C(C)C(C)N. The molecule has 0 aromatic rings. The van der Waals surface area contributed by atoms with Crippen LogP contribution < -0.4 is 5.73 Å². The minimum Gasteiger partial charge on any atom is -0.383 e. The van der Waals surface area contributed by atoms with E-state index in [4.69, 9.17) is 10.5 Å². The van der Waals surface area contributed by atoms with Crippen molar-refractivity contribution < 1.29 is 9.53 Å². The van der Waals surface area contributed by atoms with Crippen molar-refractivity contribution in [2.24, 2.45) is 17.6 Å². The van der Waals surface area contributed by atoms with Crippen molar-refractivity contribution in [1.82, 2.24) is 4.90 Å². The quantitative estimate of drug-likeness (QED) is 0.712. The van der Waals surface area contributed by atoms with Crippen LogP contribution in [-0.2, 0) is 9.53 Å². The molecule has 2 atom stereocenters. The molecular weight excluding hydrogens is 204 g/mol. The summed E-state index contributed by atoms with van der Waals surface area (Å²) in [4.78, 5) is 14.0. The monoisotopic (exact) mass is 230 g/mol. The minimum absolute atomic E-state index is 0.107. The largest absolute Gasteiger partial charge is 0.383 e. The van der Waals surface area contributed by atoms with Gasteiger partial charge in [0.05, 0.1) is 12.5 Å². The highest BCUT2D eigenvalue weighted by Crippen LogP contribution is 2.08. The van der Waals surface area contributed by atoms with E-state index in [1.54, 1.807) is 7.11 Å². The molecule has 0 heterocycles. The van der Waals surface area contributed by atoms with Crippen molar-refractivity contribution in [2.75, 3.05) is 26.8 Å². The summed E-state index contributed by atoms with van der Waals surface area (Å²) in [6.07, 6.45) is 0. The maximum absolute atomic E-state index is 12.1. The fourth-order valence-corrected chi connectivity index (χ4v) is 1.45. The van der Waals surface area contributed by atoms with Crippen LogP contribution in [0.2, 0.25) is 0 Å². The molecule has 4 heteroatoms. The highest BCUT2D eigenvalue weighted by Gasteiger charge is 2.23. The number of hydrogen-bond acceptors (Lipinski definition) is 3. The van der Waals surface area contributed by atoms with E-state index in [0.717, 1.165) is 6.54 Å². The van der Waals surface area contributed by atoms with Crippen LogP contribution in [0.5, 0.6) is 0 Å². The lowest BCUT2D eigenvalue weighted by Crippen LogP contribution is -2.44. The summed E-state index contributed by atoms with van der Waals surface area (Å²) in [6, 6.07) is -0.107. The number of carbonyl (C=O) groups is 1. The summed E-state index contributed by atoms with van der Waals surface area (Å²) >= 11 is 0. The van der Waals surface area contributed by atoms with Crippen molar-refractivity contribution in [3.8, 4) is 0 Å². The van der Waals surface area contributed by atoms with Crippen LogP contribution in [0.1, 0.15) is 27.7 Å². The van der Waals surface area contributed by atoms with Crippen molar-refractivity contribution in [3.63, 3.8) is 0 Å². The highest BCUT2D eigenvalue weighted by molar-refractivity contribution is 5.79. The molecule has 2 N–H and O–H groups in total. The van der Waals surface area contributed by atoms with Gasteiger partial charge in [0, 0.05) is 26.2 Å². The number of carbonyl (C=O) groups excluding carboxylic acids is 1. The molecule has 0 saturated carbocycles. The fourth-order valence-electron chi connectivity index (χ4n) is 1.45. The van der Waals surface area contributed by atoms with Gasteiger partial charge in [-0.1, -0.05) is 20.8 Å². The number of hydrogen-bond donors (Lipinski definition) is 1. The summed E-state index contributed by atoms with van der Waals surface area (Å²) in [6.45, 7) is 9.93. The molecule has 2 unspecified atom stereocenters. The third-order valence-electron chi connectivity index (χ3n) is 2.64. The molecule has 96 valence electrons. The van der Waals surface area contributed by atoms with Crippen LogP contribution in [0, 0.1) is 11.8 Å². The summed E-state index contributed by atoms with van der Waals surface area (Å²) < 4.78 is 5.02. The van der Waals surface area contributed by atoms with Crippen LogP contribution in [0.4, 0.5) is 0 Å². The smallest absolute Gasteiger partial charge is 0.227 e. The Morgan fingerprint density at radius 1 is 1.31 bits per heavy atom. The Bertz CT molecular complexity index is 205. The minimum atomic E-state index is -0.129. The van der Waals surface area contributed by atoms with E-state index >= 15 is 0 Å². The van der Waals surface area contributed by atoms with Crippen molar-refractivity contribution in [1.29, 1.82) is 0 Å². The Morgan fingerprint density at radius 2 is 1.88 bits per heavy atom. The first kappa shape index (κ1) is 15.4. The Labute approximate surface area is 99.1 Å². The van der Waals surface area contributed by atoms with Gasteiger partial charge in [-0.05, 0) is 12.8 Å². The first-order valence-corrected chi connectivity index (χ1v) is 5.93. The fraction of sp³-hybridized carbons (Fsp3) is 0.917. The topological polar surface area (TPSA) is 55.6 Å². The molecule has 0 spiro atoms. The number of amides is 1. The van der Waals surface area contributed by atoms with Crippen molar-refractivity contribution in [2.45, 2.75) is 33.7 Å². The molecule has 1 amide bonds. The van der Waals surface area contributed by atoms with Gasteiger partial charge in [-0.15, -0.1) is 0 Å². The van der Waals surface area contributed by atoms with E-state index < -0.39 is 0 Å². The lowest BCUT2D eigenvalue weighted by atomic mass is 10.0. The predicted molar refractivity (Wildman–Crippen MR) is 66.1 cm³/mol. The first-order valence-electron chi connectivity index (χ1n) is 5.93. The van der Waals surface area contributed by atoms with Gasteiger partial charge in [0.1, 0.15) is 0 Å². The van der Waals surface area contributed by atoms with Crippen LogP contribution in [0.3, 0.4) is 0 Å². The molecule has 0 aliphatic heterocycles. The van der Waals surface area contributed by atoms with E-state index in [2.05, 4.69) is 13.8 Å². The van der Waals surface area contributed by atoms with E-state index in [1.807, 2.05) is 18.7 Å². The zero-order valence-electron chi connectivity index (χ0n) is 11.2. The third-order valence-corrected chi connectivity index (χ3v) is 2.64. The molecule has 16 heavy (non-hydrogen) atoms. The molecule has 0 bridgehead atoms. The van der Waals surface area contributed by atoms with Gasteiger partial charge in [0.15, 0.2) is 0 Å². The number of ether oxygens (including phenoxy) is 1. The number of nitrogens with zero attached hydrogens (tertiary/aromatic N) is 1. The van der Waals surface area contributed by atoms with Gasteiger partial charge in [0.25, 0.3) is 0 Å². The van der Waals surface area contributed by atoms with E-state index in [-0.39, 0.29) is 17.9 Å². The van der Waals surface area contributed by atoms with Crippen LogP contribution in [-0.4, -0.2) is 43.7 Å². The second-order valence-electron chi connectivity index (χ2n) is 4.82. The van der Waals surface area contributed by atoms with Gasteiger partial charge in [-0.25, -0.2) is 0 Å². The maximum Gasteiger partial charge on any atom is 0.227 e. The molecular formula is C12H26N2O2. The maximum atomic E-state index is 12.1. The lowest BCUT2D eigenvalue weighted by Gasteiger charge is -2.28. The van der Waals surface area contributed by atoms with E-state index in [1.165, 1.54) is 0 Å². The number of methoxy groups -OCH3 is 1. The molecule has 0 aromatic carbocycles. The lowest BCUT2D eigenvalue weighted by molar-refractivity contribution is -0.136. The Kier molecular flexibility index (Phi) is 7.34. The highest BCUT2D eigenvalue weighted by atomic mass is 16.5. The Hall–Kier alpha value is -0.610. The molecule has 0 aliphatic carbocycles. The van der Waals surface area contributed by atoms with E-state index in [0.29, 0.717) is 19.1 Å². The average molecular weight is 230 g/mol. The second kappa shape index (κ2) is 7.63. The van der Waals surface area contributed by atoms with Gasteiger partial charge < -0.3 is 15.4 Å². The Morgan fingerprint density at radius 3 is 2.25 bits per heavy atom. The zero-order chi connectivity index (χ0) is 12.7. The standard InChI is InChI=1S/C12H26N2O2/c1-9(2)8-14(6-7-16-5)12(15)10(3)11(4)13/h9-11H,6-8,13H2,1-5H3. The normalized spacial score (nSPS) is 14.9. The molecule has 4 nitrogen and oxygen atoms in total. The van der Waals surface area contributed by atoms with Gasteiger partial charge in [0.2, 0.25) is 5.91 Å². The average Bonchev–Trinajstić information content (AvgIpc) is 2.21. The number of rotatable bonds is 7. The Balaban J connectivity index is 4.42. The van der Waals surface area contributed by atoms with Crippen LogP contribution in [0.15, 0.2) is 0 Å². The molecule has 0 rings (SSSR count).